The molecule has 5 nitrogen and oxygen atoms in total. The van der Waals surface area contributed by atoms with Gasteiger partial charge in [-0.05, 0) is 18.2 Å². The Balaban J connectivity index is 1.88. The Labute approximate surface area is 128 Å². The fourth-order valence-electron chi connectivity index (χ4n) is 2.15. The van der Waals surface area contributed by atoms with Crippen LogP contribution in [0.2, 0.25) is 0 Å². The summed E-state index contributed by atoms with van der Waals surface area (Å²) >= 11 is 4.90. The molecule has 0 radical (unpaired) electrons. The van der Waals surface area contributed by atoms with Gasteiger partial charge in [-0.3, -0.25) is 4.79 Å². The first-order valence-corrected chi connectivity index (χ1v) is 7.17. The molecule has 1 amide bonds. The first kappa shape index (κ1) is 15.7. The van der Waals surface area contributed by atoms with Crippen molar-refractivity contribution in [3.8, 4) is 0 Å². The molecule has 1 aliphatic heterocycles. The normalized spacial score (nSPS) is 14.8. The fraction of sp³-hybridized carbons (Fsp3) is 0.429. The lowest BCUT2D eigenvalue weighted by molar-refractivity contribution is -0.134. The van der Waals surface area contributed by atoms with E-state index in [2.05, 4.69) is 5.32 Å². The number of amides is 1. The zero-order valence-corrected chi connectivity index (χ0v) is 12.4. The second kappa shape index (κ2) is 7.33. The largest absolute Gasteiger partial charge is 0.389 e. The minimum Gasteiger partial charge on any atom is -0.389 e. The number of ether oxygens (including phenoxy) is 1. The monoisotopic (exact) mass is 311 g/mol. The molecule has 7 heteroatoms. The average Bonchev–Trinajstić information content (AvgIpc) is 2.49. The fourth-order valence-corrected chi connectivity index (χ4v) is 2.32. The number of rotatable bonds is 5. The highest BCUT2D eigenvalue weighted by molar-refractivity contribution is 7.80. The number of benzene rings is 1. The van der Waals surface area contributed by atoms with E-state index in [-0.39, 0.29) is 10.9 Å². The molecule has 1 aromatic carbocycles. The van der Waals surface area contributed by atoms with Gasteiger partial charge < -0.3 is 20.7 Å². The lowest BCUT2D eigenvalue weighted by Crippen LogP contribution is -2.41. The number of hydrogen-bond acceptors (Lipinski definition) is 4. The summed E-state index contributed by atoms with van der Waals surface area (Å²) < 4.78 is 18.4. The quantitative estimate of drug-likeness (QED) is 0.798. The molecule has 0 spiro atoms. The number of halogens is 1. The van der Waals surface area contributed by atoms with Gasteiger partial charge >= 0.3 is 0 Å². The number of thiocarbonyl (C=S) groups is 1. The van der Waals surface area contributed by atoms with Gasteiger partial charge in [-0.15, -0.1) is 0 Å². The van der Waals surface area contributed by atoms with Crippen LogP contribution in [0.1, 0.15) is 12.0 Å². The molecular weight excluding hydrogens is 293 g/mol. The Morgan fingerprint density at radius 3 is 2.81 bits per heavy atom. The van der Waals surface area contributed by atoms with Gasteiger partial charge in [0.1, 0.15) is 10.8 Å². The average molecular weight is 311 g/mol. The number of nitrogens with two attached hydrogens (primary N) is 1. The Kier molecular flexibility index (Phi) is 5.46. The molecule has 1 heterocycles. The topological polar surface area (TPSA) is 67.6 Å². The van der Waals surface area contributed by atoms with E-state index in [9.17, 15) is 9.18 Å². The van der Waals surface area contributed by atoms with Gasteiger partial charge in [0.05, 0.1) is 13.2 Å². The van der Waals surface area contributed by atoms with E-state index in [0.29, 0.717) is 50.5 Å². The predicted octanol–water partition coefficient (Wildman–Crippen LogP) is 1.12. The van der Waals surface area contributed by atoms with E-state index < -0.39 is 5.82 Å². The SMILES string of the molecule is NC(=S)c1cc(F)ccc1NCCC(=O)N1CCOCC1. The highest BCUT2D eigenvalue weighted by Crippen LogP contribution is 2.17. The molecule has 1 fully saturated rings. The van der Waals surface area contributed by atoms with Crippen LogP contribution in [-0.2, 0) is 9.53 Å². The summed E-state index contributed by atoms with van der Waals surface area (Å²) in [5.41, 5.74) is 6.65. The standard InChI is InChI=1S/C14H18FN3O2S/c15-10-1-2-12(11(9-10)14(16)21)17-4-3-13(19)18-5-7-20-8-6-18/h1-2,9,17H,3-8H2,(H2,16,21). The summed E-state index contributed by atoms with van der Waals surface area (Å²) in [6.45, 7) is 2.88. The van der Waals surface area contributed by atoms with E-state index in [1.807, 2.05) is 0 Å². The van der Waals surface area contributed by atoms with Crippen molar-refractivity contribution < 1.29 is 13.9 Å². The molecular formula is C14H18FN3O2S. The second-order valence-corrected chi connectivity index (χ2v) is 5.16. The third-order valence-corrected chi connectivity index (χ3v) is 3.49. The van der Waals surface area contributed by atoms with E-state index in [1.54, 1.807) is 11.0 Å². The van der Waals surface area contributed by atoms with Gasteiger partial charge in [0.15, 0.2) is 0 Å². The number of hydrogen-bond donors (Lipinski definition) is 2. The number of carbonyl (C=O) groups excluding carboxylic acids is 1. The van der Waals surface area contributed by atoms with Crippen LogP contribution < -0.4 is 11.1 Å². The van der Waals surface area contributed by atoms with Crippen molar-refractivity contribution in [2.75, 3.05) is 38.2 Å². The molecule has 1 aliphatic rings. The van der Waals surface area contributed by atoms with Gasteiger partial charge in [0.2, 0.25) is 5.91 Å². The van der Waals surface area contributed by atoms with Crippen molar-refractivity contribution in [3.05, 3.63) is 29.6 Å². The van der Waals surface area contributed by atoms with Crippen LogP contribution in [0.4, 0.5) is 10.1 Å². The van der Waals surface area contributed by atoms with Crippen molar-refractivity contribution in [2.24, 2.45) is 5.73 Å². The van der Waals surface area contributed by atoms with Gasteiger partial charge in [-0.2, -0.15) is 0 Å². The summed E-state index contributed by atoms with van der Waals surface area (Å²) in [5, 5.41) is 3.08. The molecule has 0 saturated carbocycles. The van der Waals surface area contributed by atoms with E-state index >= 15 is 0 Å². The Bertz CT molecular complexity index is 533. The number of nitrogens with one attached hydrogen (secondary N) is 1. The van der Waals surface area contributed by atoms with Crippen LogP contribution in [0.15, 0.2) is 18.2 Å². The molecule has 21 heavy (non-hydrogen) atoms. The number of morpholine rings is 1. The van der Waals surface area contributed by atoms with Crippen LogP contribution >= 0.6 is 12.2 Å². The predicted molar refractivity (Wildman–Crippen MR) is 82.8 cm³/mol. The molecule has 2 rings (SSSR count). The highest BCUT2D eigenvalue weighted by Gasteiger charge is 2.16. The Hall–Kier alpha value is -1.73. The molecule has 1 saturated heterocycles. The molecule has 114 valence electrons. The highest BCUT2D eigenvalue weighted by atomic mass is 32.1. The van der Waals surface area contributed by atoms with Gasteiger partial charge in [0.25, 0.3) is 0 Å². The van der Waals surface area contributed by atoms with Gasteiger partial charge in [-0.1, -0.05) is 12.2 Å². The summed E-state index contributed by atoms with van der Waals surface area (Å²) in [6.07, 6.45) is 0.355. The van der Waals surface area contributed by atoms with Crippen molar-refractivity contribution in [1.82, 2.24) is 4.90 Å². The van der Waals surface area contributed by atoms with Gasteiger partial charge in [0, 0.05) is 37.3 Å². The van der Waals surface area contributed by atoms with Crippen molar-refractivity contribution >= 4 is 28.8 Å². The molecule has 0 atom stereocenters. The van der Waals surface area contributed by atoms with Crippen LogP contribution in [0.25, 0.3) is 0 Å². The molecule has 0 unspecified atom stereocenters. The number of nitrogens with zero attached hydrogens (tertiary/aromatic N) is 1. The Morgan fingerprint density at radius 2 is 2.14 bits per heavy atom. The van der Waals surface area contributed by atoms with E-state index in [1.165, 1.54) is 12.1 Å². The Morgan fingerprint density at radius 1 is 1.43 bits per heavy atom. The van der Waals surface area contributed by atoms with Crippen molar-refractivity contribution in [2.45, 2.75) is 6.42 Å². The van der Waals surface area contributed by atoms with Crippen molar-refractivity contribution in [1.29, 1.82) is 0 Å². The van der Waals surface area contributed by atoms with Gasteiger partial charge in [-0.25, -0.2) is 4.39 Å². The number of carbonyl (C=O) groups is 1. The second-order valence-electron chi connectivity index (χ2n) is 4.72. The molecule has 1 aromatic rings. The minimum absolute atomic E-state index is 0.0739. The third-order valence-electron chi connectivity index (χ3n) is 3.27. The molecule has 0 bridgehead atoms. The summed E-state index contributed by atoms with van der Waals surface area (Å²) in [6, 6.07) is 4.19. The molecule has 3 N–H and O–H groups in total. The summed E-state index contributed by atoms with van der Waals surface area (Å²) in [7, 11) is 0. The van der Waals surface area contributed by atoms with Crippen molar-refractivity contribution in [3.63, 3.8) is 0 Å². The maximum atomic E-state index is 13.2. The minimum atomic E-state index is -0.396. The lowest BCUT2D eigenvalue weighted by atomic mass is 10.1. The van der Waals surface area contributed by atoms with E-state index in [4.69, 9.17) is 22.7 Å². The molecule has 0 aliphatic carbocycles. The lowest BCUT2D eigenvalue weighted by Gasteiger charge is -2.27. The third kappa shape index (κ3) is 4.37. The number of anilines is 1. The van der Waals surface area contributed by atoms with E-state index in [0.717, 1.165) is 0 Å². The zero-order chi connectivity index (χ0) is 15.2. The van der Waals surface area contributed by atoms with Crippen LogP contribution in [0.5, 0.6) is 0 Å². The maximum Gasteiger partial charge on any atom is 0.224 e. The maximum absolute atomic E-state index is 13.2. The smallest absolute Gasteiger partial charge is 0.224 e. The zero-order valence-electron chi connectivity index (χ0n) is 11.6. The first-order valence-electron chi connectivity index (χ1n) is 6.76. The van der Waals surface area contributed by atoms with Crippen LogP contribution in [-0.4, -0.2) is 48.6 Å². The first-order chi connectivity index (χ1) is 10.1. The molecule has 0 aromatic heterocycles. The summed E-state index contributed by atoms with van der Waals surface area (Å²) in [4.78, 5) is 13.9. The van der Waals surface area contributed by atoms with Crippen LogP contribution in [0, 0.1) is 5.82 Å². The summed E-state index contributed by atoms with van der Waals surface area (Å²) in [5.74, 6) is -0.322. The van der Waals surface area contributed by atoms with Crippen LogP contribution in [0.3, 0.4) is 0 Å².